The van der Waals surface area contributed by atoms with E-state index in [0.717, 1.165) is 0 Å². The molecule has 0 saturated heterocycles. The molecule has 4 N–H and O–H groups in total. The van der Waals surface area contributed by atoms with E-state index in [-0.39, 0.29) is 48.4 Å². The Morgan fingerprint density at radius 3 is 1.09 bits per heavy atom. The third kappa shape index (κ3) is 444. The Labute approximate surface area is 100 Å². The fraction of sp³-hybridized carbons (Fsp3) is 0. The Kier molecular flexibility index (Phi) is 24.0. The average Bonchev–Trinajstić information content (AvgIpc) is 1.19. The molecule has 0 radical (unpaired) electrons. The SMILES string of the molecule is O=S(=O)(O)O.O=S(O)O.[LiH].[NaH]. The molecule has 0 fully saturated rings. The first kappa shape index (κ1) is 22.9. The summed E-state index contributed by atoms with van der Waals surface area (Å²) < 4.78 is 54.4. The minimum atomic E-state index is -4.67. The minimum absolute atomic E-state index is 0. The first-order chi connectivity index (χ1) is 3.73. The maximum absolute atomic E-state index is 8.74. The van der Waals surface area contributed by atoms with E-state index >= 15 is 0 Å². The Balaban J connectivity index is -0.0000000383. The van der Waals surface area contributed by atoms with Gasteiger partial charge in [0, 0.05) is 0 Å². The molecule has 0 aliphatic carbocycles. The number of hydrogen-bond donors (Lipinski definition) is 4. The van der Waals surface area contributed by atoms with Gasteiger partial charge in [-0.05, 0) is 0 Å². The topological polar surface area (TPSA) is 132 Å². The van der Waals surface area contributed by atoms with Gasteiger partial charge in [0.1, 0.15) is 0 Å². The molecule has 0 atom stereocenters. The van der Waals surface area contributed by atoms with E-state index < -0.39 is 21.8 Å². The summed E-state index contributed by atoms with van der Waals surface area (Å²) in [7, 11) is -4.67. The van der Waals surface area contributed by atoms with Crippen molar-refractivity contribution in [3.05, 3.63) is 0 Å². The predicted molar refractivity (Wildman–Crippen MR) is 41.9 cm³/mol. The summed E-state index contributed by atoms with van der Waals surface area (Å²) in [5.41, 5.74) is 0. The van der Waals surface area contributed by atoms with E-state index in [2.05, 4.69) is 0 Å². The third-order valence-electron chi connectivity index (χ3n) is 0. The Morgan fingerprint density at radius 2 is 1.09 bits per heavy atom. The van der Waals surface area contributed by atoms with Gasteiger partial charge < -0.3 is 0 Å². The van der Waals surface area contributed by atoms with Crippen molar-refractivity contribution < 1.29 is 30.8 Å². The predicted octanol–water partition coefficient (Wildman–Crippen LogP) is -2.27. The van der Waals surface area contributed by atoms with Crippen molar-refractivity contribution in [2.75, 3.05) is 0 Å². The zero-order valence-electron chi connectivity index (χ0n) is 3.83. The van der Waals surface area contributed by atoms with Crippen LogP contribution in [0.25, 0.3) is 0 Å². The van der Waals surface area contributed by atoms with Crippen LogP contribution in [-0.2, 0) is 21.8 Å². The molecule has 0 aromatic rings. The van der Waals surface area contributed by atoms with Crippen molar-refractivity contribution in [3.8, 4) is 0 Å². The average molecular weight is 212 g/mol. The Morgan fingerprint density at radius 1 is 1.09 bits per heavy atom. The van der Waals surface area contributed by atoms with Gasteiger partial charge in [-0.1, -0.05) is 0 Å². The molecule has 0 aliphatic rings. The van der Waals surface area contributed by atoms with E-state index in [1.807, 2.05) is 0 Å². The molecule has 0 heterocycles. The summed E-state index contributed by atoms with van der Waals surface area (Å²) in [6.07, 6.45) is 0. The van der Waals surface area contributed by atoms with Crippen LogP contribution in [0.5, 0.6) is 0 Å². The van der Waals surface area contributed by atoms with Gasteiger partial charge in [-0.3, -0.25) is 18.2 Å². The second kappa shape index (κ2) is 11.5. The molecular formula is H6LiNaO7S2. The fourth-order valence-corrected chi connectivity index (χ4v) is 0. The summed E-state index contributed by atoms with van der Waals surface area (Å²) in [6, 6.07) is 0. The maximum atomic E-state index is 8.74. The molecule has 0 amide bonds. The van der Waals surface area contributed by atoms with Crippen LogP contribution in [0.3, 0.4) is 0 Å². The second-order valence-electron chi connectivity index (χ2n) is 0.679. The molecule has 7 nitrogen and oxygen atoms in total. The molecule has 0 aromatic heterocycles. The summed E-state index contributed by atoms with van der Waals surface area (Å²) in [5.74, 6) is 0. The van der Waals surface area contributed by atoms with Gasteiger partial charge in [0.2, 0.25) is 0 Å². The molecule has 0 unspecified atom stereocenters. The molecule has 11 heteroatoms. The van der Waals surface area contributed by atoms with Crippen molar-refractivity contribution in [3.63, 3.8) is 0 Å². The molecule has 0 rings (SSSR count). The zero-order valence-corrected chi connectivity index (χ0v) is 5.46. The number of rotatable bonds is 0. The third-order valence-corrected chi connectivity index (χ3v) is 0. The second-order valence-corrected chi connectivity index (χ2v) is 2.04. The van der Waals surface area contributed by atoms with E-state index in [4.69, 9.17) is 30.8 Å². The van der Waals surface area contributed by atoms with Crippen molar-refractivity contribution in [1.82, 2.24) is 0 Å². The van der Waals surface area contributed by atoms with Gasteiger partial charge >= 0.3 is 58.8 Å². The molecular weight excluding hydrogens is 206 g/mol. The van der Waals surface area contributed by atoms with E-state index in [1.54, 1.807) is 0 Å². The van der Waals surface area contributed by atoms with Gasteiger partial charge in [0.25, 0.3) is 11.4 Å². The summed E-state index contributed by atoms with van der Waals surface area (Å²) in [6.45, 7) is 0. The molecule has 11 heavy (non-hydrogen) atoms. The summed E-state index contributed by atoms with van der Waals surface area (Å²) in [4.78, 5) is 0. The van der Waals surface area contributed by atoms with Crippen molar-refractivity contribution >= 4 is 70.2 Å². The van der Waals surface area contributed by atoms with Crippen LogP contribution >= 0.6 is 0 Å². The fourth-order valence-electron chi connectivity index (χ4n) is 0. The van der Waals surface area contributed by atoms with Gasteiger partial charge in [-0.25, -0.2) is 0 Å². The van der Waals surface area contributed by atoms with Crippen LogP contribution in [0.1, 0.15) is 0 Å². The van der Waals surface area contributed by atoms with Crippen LogP contribution in [-0.4, -0.2) is 79.3 Å². The first-order valence-electron chi connectivity index (χ1n) is 1.23. The Hall–Kier alpha value is 1.54. The van der Waals surface area contributed by atoms with Gasteiger partial charge in [0.15, 0.2) is 0 Å². The van der Waals surface area contributed by atoms with Gasteiger partial charge in [0.05, 0.1) is 0 Å². The molecule has 0 saturated carbocycles. The molecule has 0 spiro atoms. The van der Waals surface area contributed by atoms with E-state index in [0.29, 0.717) is 0 Å². The van der Waals surface area contributed by atoms with E-state index in [9.17, 15) is 0 Å². The van der Waals surface area contributed by atoms with Crippen molar-refractivity contribution in [1.29, 1.82) is 0 Å². The van der Waals surface area contributed by atoms with Gasteiger partial charge in [-0.15, -0.1) is 0 Å². The van der Waals surface area contributed by atoms with Crippen LogP contribution in [0.15, 0.2) is 0 Å². The quantitative estimate of drug-likeness (QED) is 0.202. The normalized spacial score (nSPS) is 8.45. The van der Waals surface area contributed by atoms with Crippen molar-refractivity contribution in [2.45, 2.75) is 0 Å². The van der Waals surface area contributed by atoms with Crippen LogP contribution in [0, 0.1) is 0 Å². The summed E-state index contributed by atoms with van der Waals surface area (Å²) in [5, 5.41) is 0. The monoisotopic (exact) mass is 212 g/mol. The van der Waals surface area contributed by atoms with Gasteiger partial charge in [-0.2, -0.15) is 12.6 Å². The Bertz CT molecular complexity index is 159. The molecule has 0 bridgehead atoms. The molecule has 0 aliphatic heterocycles. The zero-order chi connectivity index (χ0) is 8.08. The first-order valence-corrected chi connectivity index (χ1v) is 3.69. The van der Waals surface area contributed by atoms with Crippen LogP contribution < -0.4 is 0 Å². The standard InChI is InChI=1S/Li.Na.H2O4S.H2O3S.2H/c;;1-5(2,3)4;1-4(2)3;;/h;;(H2,1,2,3,4);(H2,1,2,3);;. The van der Waals surface area contributed by atoms with Crippen LogP contribution in [0.2, 0.25) is 0 Å². The summed E-state index contributed by atoms with van der Waals surface area (Å²) >= 11 is -2.61. The molecule has 0 aromatic carbocycles. The van der Waals surface area contributed by atoms with Crippen LogP contribution in [0.4, 0.5) is 0 Å². The van der Waals surface area contributed by atoms with E-state index in [1.165, 1.54) is 0 Å². The molecule has 62 valence electrons. The van der Waals surface area contributed by atoms with Crippen molar-refractivity contribution in [2.24, 2.45) is 0 Å². The number of hydrogen-bond acceptors (Lipinski definition) is 3.